The van der Waals surface area contributed by atoms with Gasteiger partial charge in [0.05, 0.1) is 19.8 Å². The van der Waals surface area contributed by atoms with Gasteiger partial charge in [-0.05, 0) is 17.5 Å². The van der Waals surface area contributed by atoms with Crippen LogP contribution in [0.15, 0.2) is 36.7 Å². The van der Waals surface area contributed by atoms with Crippen LogP contribution in [0.3, 0.4) is 0 Å². The fourth-order valence-corrected chi connectivity index (χ4v) is 2.72. The summed E-state index contributed by atoms with van der Waals surface area (Å²) in [6, 6.07) is 7.89. The largest absolute Gasteiger partial charge is 0.480 e. The third-order valence-corrected chi connectivity index (χ3v) is 3.69. The van der Waals surface area contributed by atoms with Crippen LogP contribution in [0.1, 0.15) is 29.0 Å². The van der Waals surface area contributed by atoms with Gasteiger partial charge < -0.3 is 9.47 Å². The normalized spacial score (nSPS) is 18.9. The van der Waals surface area contributed by atoms with E-state index in [0.29, 0.717) is 18.2 Å². The summed E-state index contributed by atoms with van der Waals surface area (Å²) in [5.41, 5.74) is 5.84. The molecule has 21 heavy (non-hydrogen) atoms. The first kappa shape index (κ1) is 13.9. The Kier molecular flexibility index (Phi) is 4.10. The lowest BCUT2D eigenvalue weighted by molar-refractivity contribution is 0.0129. The fraction of sp³-hybridized carbons (Fsp3) is 0.333. The lowest BCUT2D eigenvalue weighted by Gasteiger charge is -2.32. The molecule has 1 aliphatic rings. The van der Waals surface area contributed by atoms with Crippen LogP contribution < -0.4 is 16.0 Å². The standard InChI is InChI=1S/C15H18N4O2/c1-20-15-13(17-7-8-18-15)12(19-16)14-11-5-3-2-4-10(11)6-9-21-14/h2-5,7-8,12,14,19H,6,9,16H2,1H3. The predicted molar refractivity (Wildman–Crippen MR) is 77.5 cm³/mol. The Labute approximate surface area is 123 Å². The van der Waals surface area contributed by atoms with Crippen LogP contribution >= 0.6 is 0 Å². The van der Waals surface area contributed by atoms with Crippen LogP contribution in [0.4, 0.5) is 0 Å². The zero-order chi connectivity index (χ0) is 14.7. The van der Waals surface area contributed by atoms with Gasteiger partial charge >= 0.3 is 0 Å². The molecule has 0 radical (unpaired) electrons. The van der Waals surface area contributed by atoms with Gasteiger partial charge in [0.25, 0.3) is 0 Å². The predicted octanol–water partition coefficient (Wildman–Crippen LogP) is 1.30. The van der Waals surface area contributed by atoms with Crippen LogP contribution in [0, 0.1) is 0 Å². The molecule has 1 aromatic carbocycles. The fourth-order valence-electron chi connectivity index (χ4n) is 2.72. The van der Waals surface area contributed by atoms with Crippen molar-refractivity contribution in [3.63, 3.8) is 0 Å². The highest BCUT2D eigenvalue weighted by atomic mass is 16.5. The first-order valence-electron chi connectivity index (χ1n) is 6.85. The number of methoxy groups -OCH3 is 1. The molecule has 3 N–H and O–H groups in total. The first-order valence-corrected chi connectivity index (χ1v) is 6.85. The Bertz CT molecular complexity index is 620. The van der Waals surface area contributed by atoms with E-state index < -0.39 is 0 Å². The number of hydrogen-bond acceptors (Lipinski definition) is 6. The van der Waals surface area contributed by atoms with E-state index in [1.54, 1.807) is 19.5 Å². The van der Waals surface area contributed by atoms with Gasteiger partial charge in [0.1, 0.15) is 11.8 Å². The third kappa shape index (κ3) is 2.61. The van der Waals surface area contributed by atoms with E-state index in [1.807, 2.05) is 12.1 Å². The molecule has 2 aromatic rings. The van der Waals surface area contributed by atoms with Crippen molar-refractivity contribution in [3.8, 4) is 5.88 Å². The van der Waals surface area contributed by atoms with E-state index in [0.717, 1.165) is 12.0 Å². The minimum Gasteiger partial charge on any atom is -0.480 e. The van der Waals surface area contributed by atoms with Crippen LogP contribution in [-0.4, -0.2) is 23.7 Å². The number of aromatic nitrogens is 2. The van der Waals surface area contributed by atoms with Gasteiger partial charge in [-0.2, -0.15) is 0 Å². The Morgan fingerprint density at radius 3 is 2.95 bits per heavy atom. The Morgan fingerprint density at radius 1 is 1.33 bits per heavy atom. The second kappa shape index (κ2) is 6.17. The van der Waals surface area contributed by atoms with Crippen molar-refractivity contribution in [1.82, 2.24) is 15.4 Å². The summed E-state index contributed by atoms with van der Waals surface area (Å²) in [5.74, 6) is 6.21. The number of nitrogens with zero attached hydrogens (tertiary/aromatic N) is 2. The van der Waals surface area contributed by atoms with E-state index in [4.69, 9.17) is 15.3 Å². The van der Waals surface area contributed by atoms with Crippen molar-refractivity contribution in [2.45, 2.75) is 18.6 Å². The Balaban J connectivity index is 2.01. The lowest BCUT2D eigenvalue weighted by atomic mass is 9.92. The summed E-state index contributed by atoms with van der Waals surface area (Å²) in [6.07, 6.45) is 3.90. The van der Waals surface area contributed by atoms with Crippen LogP contribution in [-0.2, 0) is 11.2 Å². The van der Waals surface area contributed by atoms with Crippen molar-refractivity contribution in [3.05, 3.63) is 53.5 Å². The number of hydrogen-bond donors (Lipinski definition) is 2. The number of nitrogens with one attached hydrogen (secondary N) is 1. The molecule has 0 aliphatic carbocycles. The van der Waals surface area contributed by atoms with Gasteiger partial charge in [-0.1, -0.05) is 24.3 Å². The van der Waals surface area contributed by atoms with Crippen molar-refractivity contribution >= 4 is 0 Å². The van der Waals surface area contributed by atoms with E-state index in [-0.39, 0.29) is 12.1 Å². The minimum atomic E-state index is -0.324. The molecule has 2 unspecified atom stereocenters. The van der Waals surface area contributed by atoms with Crippen LogP contribution in [0.5, 0.6) is 5.88 Å². The van der Waals surface area contributed by atoms with Crippen molar-refractivity contribution in [1.29, 1.82) is 0 Å². The van der Waals surface area contributed by atoms with Crippen molar-refractivity contribution < 1.29 is 9.47 Å². The first-order chi connectivity index (χ1) is 10.3. The van der Waals surface area contributed by atoms with Gasteiger partial charge in [0, 0.05) is 12.4 Å². The molecule has 0 bridgehead atoms. The van der Waals surface area contributed by atoms with Gasteiger partial charge in [0.15, 0.2) is 0 Å². The maximum absolute atomic E-state index is 5.95. The van der Waals surface area contributed by atoms with E-state index in [9.17, 15) is 0 Å². The molecule has 0 amide bonds. The van der Waals surface area contributed by atoms with Gasteiger partial charge in [0.2, 0.25) is 5.88 Å². The zero-order valence-corrected chi connectivity index (χ0v) is 11.8. The molecule has 6 nitrogen and oxygen atoms in total. The quantitative estimate of drug-likeness (QED) is 0.651. The molecule has 6 heteroatoms. The molecule has 3 rings (SSSR count). The summed E-state index contributed by atoms with van der Waals surface area (Å²) in [4.78, 5) is 8.54. The van der Waals surface area contributed by atoms with Gasteiger partial charge in [-0.15, -0.1) is 0 Å². The molecular formula is C15H18N4O2. The second-order valence-corrected chi connectivity index (χ2v) is 4.84. The van der Waals surface area contributed by atoms with Crippen LogP contribution in [0.25, 0.3) is 0 Å². The number of ether oxygens (including phenoxy) is 2. The summed E-state index contributed by atoms with van der Waals surface area (Å²) < 4.78 is 11.2. The Morgan fingerprint density at radius 2 is 2.14 bits per heavy atom. The van der Waals surface area contributed by atoms with E-state index in [1.165, 1.54) is 5.56 Å². The van der Waals surface area contributed by atoms with E-state index in [2.05, 4.69) is 27.5 Å². The van der Waals surface area contributed by atoms with Gasteiger partial charge in [-0.25, -0.2) is 10.4 Å². The monoisotopic (exact) mass is 286 g/mol. The van der Waals surface area contributed by atoms with E-state index >= 15 is 0 Å². The average molecular weight is 286 g/mol. The molecular weight excluding hydrogens is 268 g/mol. The topological polar surface area (TPSA) is 82.3 Å². The number of nitrogens with two attached hydrogens (primary N) is 1. The molecule has 0 fully saturated rings. The third-order valence-electron chi connectivity index (χ3n) is 3.69. The second-order valence-electron chi connectivity index (χ2n) is 4.84. The molecule has 0 saturated heterocycles. The smallest absolute Gasteiger partial charge is 0.237 e. The Hall–Kier alpha value is -2.02. The van der Waals surface area contributed by atoms with Crippen LogP contribution in [0.2, 0.25) is 0 Å². The highest BCUT2D eigenvalue weighted by Crippen LogP contribution is 2.37. The molecule has 110 valence electrons. The van der Waals surface area contributed by atoms with Crippen molar-refractivity contribution in [2.75, 3.05) is 13.7 Å². The number of rotatable bonds is 4. The molecule has 1 aromatic heterocycles. The summed E-state index contributed by atoms with van der Waals surface area (Å²) >= 11 is 0. The molecule has 2 heterocycles. The van der Waals surface area contributed by atoms with Gasteiger partial charge in [-0.3, -0.25) is 10.8 Å². The van der Waals surface area contributed by atoms with Crippen molar-refractivity contribution in [2.24, 2.45) is 5.84 Å². The molecule has 0 spiro atoms. The lowest BCUT2D eigenvalue weighted by Crippen LogP contribution is -2.36. The SMILES string of the molecule is COc1nccnc1C(NN)C1OCCc2ccccc21. The number of benzene rings is 1. The summed E-state index contributed by atoms with van der Waals surface area (Å²) in [5, 5.41) is 0. The minimum absolute atomic E-state index is 0.217. The number of fused-ring (bicyclic) bond motifs is 1. The average Bonchev–Trinajstić information content (AvgIpc) is 2.56. The molecule has 2 atom stereocenters. The maximum atomic E-state index is 5.95. The molecule has 0 saturated carbocycles. The highest BCUT2D eigenvalue weighted by Gasteiger charge is 2.32. The summed E-state index contributed by atoms with van der Waals surface area (Å²) in [7, 11) is 1.57. The maximum Gasteiger partial charge on any atom is 0.237 e. The number of hydrazine groups is 1. The highest BCUT2D eigenvalue weighted by molar-refractivity contribution is 5.34. The summed E-state index contributed by atoms with van der Waals surface area (Å²) in [6.45, 7) is 0.655. The molecule has 1 aliphatic heterocycles. The zero-order valence-electron chi connectivity index (χ0n) is 11.8.